The lowest BCUT2D eigenvalue weighted by Gasteiger charge is -2.23. The second-order valence-electron chi connectivity index (χ2n) is 8.19. The van der Waals surface area contributed by atoms with E-state index >= 15 is 0 Å². The van der Waals surface area contributed by atoms with Crippen molar-refractivity contribution >= 4 is 0 Å². The lowest BCUT2D eigenvalue weighted by molar-refractivity contribution is 0.283. The Hall–Kier alpha value is -4.18. The molecule has 0 unspecified atom stereocenters. The third-order valence-corrected chi connectivity index (χ3v) is 5.91. The van der Waals surface area contributed by atoms with Gasteiger partial charge in [0.25, 0.3) is 0 Å². The predicted octanol–water partition coefficient (Wildman–Crippen LogP) is 4.63. The molecule has 1 aliphatic rings. The molecule has 0 spiro atoms. The molecule has 5 rings (SSSR count). The van der Waals surface area contributed by atoms with Crippen LogP contribution in [0.15, 0.2) is 55.0 Å². The number of hydrogen-bond donors (Lipinski definition) is 1. The average Bonchev–Trinajstić information content (AvgIpc) is 3.36. The zero-order chi connectivity index (χ0) is 22.3. The van der Waals surface area contributed by atoms with E-state index in [1.165, 1.54) is 0 Å². The van der Waals surface area contributed by atoms with Crippen LogP contribution in [-0.2, 0) is 12.0 Å². The smallest absolute Gasteiger partial charge is 0.162 e. The van der Waals surface area contributed by atoms with Crippen molar-refractivity contribution in [3.8, 4) is 40.1 Å². The van der Waals surface area contributed by atoms with Crippen molar-refractivity contribution in [2.75, 3.05) is 7.11 Å². The van der Waals surface area contributed by atoms with E-state index in [1.807, 2.05) is 24.3 Å². The molecule has 7 nitrogen and oxygen atoms in total. The van der Waals surface area contributed by atoms with Crippen molar-refractivity contribution in [2.24, 2.45) is 0 Å². The van der Waals surface area contributed by atoms with Crippen LogP contribution in [0.1, 0.15) is 36.2 Å². The summed E-state index contributed by atoms with van der Waals surface area (Å²) < 4.78 is 11.8. The highest BCUT2D eigenvalue weighted by molar-refractivity contribution is 5.86. The molecule has 0 atom stereocenters. The Morgan fingerprint density at radius 3 is 2.69 bits per heavy atom. The van der Waals surface area contributed by atoms with Crippen molar-refractivity contribution in [2.45, 2.75) is 25.9 Å². The second kappa shape index (κ2) is 7.50. The molecule has 3 heterocycles. The fourth-order valence-corrected chi connectivity index (χ4v) is 4.29. The van der Waals surface area contributed by atoms with Gasteiger partial charge < -0.3 is 9.47 Å². The number of benzene rings is 1. The van der Waals surface area contributed by atoms with E-state index in [-0.39, 0.29) is 5.41 Å². The van der Waals surface area contributed by atoms with Gasteiger partial charge in [-0.25, -0.2) is 4.98 Å². The van der Waals surface area contributed by atoms with E-state index < -0.39 is 0 Å². The van der Waals surface area contributed by atoms with E-state index in [9.17, 15) is 0 Å². The van der Waals surface area contributed by atoms with Crippen LogP contribution in [0, 0.1) is 11.3 Å². The summed E-state index contributed by atoms with van der Waals surface area (Å²) in [5, 5.41) is 16.8. The number of nitrogens with zero attached hydrogens (tertiary/aromatic N) is 4. The lowest BCUT2D eigenvalue weighted by atomic mass is 9.81. The monoisotopic (exact) mass is 423 g/mol. The maximum atomic E-state index is 9.05. The number of nitriles is 1. The van der Waals surface area contributed by atoms with E-state index in [0.29, 0.717) is 23.8 Å². The van der Waals surface area contributed by atoms with Gasteiger partial charge in [-0.15, -0.1) is 0 Å². The standard InChI is InChI=1S/C25H21N5O2/c1-25(2)19-10-21(32-14-15-5-4-8-27-12-15)20(31-3)9-18(19)24-22(25)23(29-30-24)16-6-7-17(11-26)28-13-16/h4-10,12-13H,14H2,1-3H3,(H,29,30). The molecular formula is C25H21N5O2. The topological polar surface area (TPSA) is 96.7 Å². The molecule has 0 amide bonds. The summed E-state index contributed by atoms with van der Waals surface area (Å²) >= 11 is 0. The van der Waals surface area contributed by atoms with Crippen molar-refractivity contribution in [1.82, 2.24) is 20.2 Å². The summed E-state index contributed by atoms with van der Waals surface area (Å²) in [5.74, 6) is 1.34. The first-order chi connectivity index (χ1) is 15.5. The number of nitrogens with one attached hydrogen (secondary N) is 1. The molecule has 0 fully saturated rings. The highest BCUT2D eigenvalue weighted by Gasteiger charge is 2.41. The maximum Gasteiger partial charge on any atom is 0.162 e. The molecule has 0 bridgehead atoms. The molecule has 1 N–H and O–H groups in total. The van der Waals surface area contributed by atoms with Crippen molar-refractivity contribution in [3.05, 3.63) is 77.4 Å². The largest absolute Gasteiger partial charge is 0.493 e. The Bertz CT molecular complexity index is 1340. The Balaban J connectivity index is 1.56. The predicted molar refractivity (Wildman–Crippen MR) is 119 cm³/mol. The fourth-order valence-electron chi connectivity index (χ4n) is 4.29. The van der Waals surface area contributed by atoms with E-state index in [0.717, 1.165) is 39.2 Å². The van der Waals surface area contributed by atoms with Gasteiger partial charge in [0.15, 0.2) is 11.5 Å². The van der Waals surface area contributed by atoms with Gasteiger partial charge in [-0.3, -0.25) is 10.1 Å². The van der Waals surface area contributed by atoms with Gasteiger partial charge in [0.05, 0.1) is 18.5 Å². The zero-order valence-electron chi connectivity index (χ0n) is 18.0. The third-order valence-electron chi connectivity index (χ3n) is 5.91. The summed E-state index contributed by atoms with van der Waals surface area (Å²) in [6, 6.07) is 13.6. The van der Waals surface area contributed by atoms with Gasteiger partial charge in [0.2, 0.25) is 0 Å². The van der Waals surface area contributed by atoms with E-state index in [2.05, 4.69) is 46.1 Å². The number of methoxy groups -OCH3 is 1. The summed E-state index contributed by atoms with van der Waals surface area (Å²) in [5.41, 5.74) is 6.95. The van der Waals surface area contributed by atoms with Gasteiger partial charge in [0.1, 0.15) is 18.4 Å². The van der Waals surface area contributed by atoms with Gasteiger partial charge in [-0.05, 0) is 35.9 Å². The summed E-state index contributed by atoms with van der Waals surface area (Å²) in [6.45, 7) is 4.74. The number of hydrogen-bond acceptors (Lipinski definition) is 6. The highest BCUT2D eigenvalue weighted by Crippen LogP contribution is 2.53. The van der Waals surface area contributed by atoms with E-state index in [1.54, 1.807) is 31.8 Å². The van der Waals surface area contributed by atoms with Crippen molar-refractivity contribution < 1.29 is 9.47 Å². The quantitative estimate of drug-likeness (QED) is 0.503. The molecule has 0 saturated carbocycles. The third kappa shape index (κ3) is 3.08. The fraction of sp³-hybridized carbons (Fsp3) is 0.200. The number of rotatable bonds is 5. The number of fused-ring (bicyclic) bond motifs is 3. The van der Waals surface area contributed by atoms with Crippen LogP contribution in [0.3, 0.4) is 0 Å². The minimum Gasteiger partial charge on any atom is -0.493 e. The summed E-state index contributed by atoms with van der Waals surface area (Å²) in [7, 11) is 1.64. The minimum atomic E-state index is -0.320. The zero-order valence-corrected chi connectivity index (χ0v) is 18.0. The molecule has 0 saturated heterocycles. The van der Waals surface area contributed by atoms with Gasteiger partial charge in [-0.1, -0.05) is 19.9 Å². The summed E-state index contributed by atoms with van der Waals surface area (Å²) in [6.07, 6.45) is 5.22. The maximum absolute atomic E-state index is 9.05. The number of aromatic amines is 1. The first-order valence-electron chi connectivity index (χ1n) is 10.2. The second-order valence-corrected chi connectivity index (χ2v) is 8.19. The first-order valence-corrected chi connectivity index (χ1v) is 10.2. The molecule has 7 heteroatoms. The molecular weight excluding hydrogens is 402 g/mol. The Morgan fingerprint density at radius 1 is 1.12 bits per heavy atom. The van der Waals surface area contributed by atoms with Crippen molar-refractivity contribution in [3.63, 3.8) is 0 Å². The normalized spacial score (nSPS) is 13.2. The van der Waals surface area contributed by atoms with Crippen LogP contribution >= 0.6 is 0 Å². The van der Waals surface area contributed by atoms with Crippen LogP contribution in [0.5, 0.6) is 11.5 Å². The highest BCUT2D eigenvalue weighted by atomic mass is 16.5. The lowest BCUT2D eigenvalue weighted by Crippen LogP contribution is -2.16. The number of ether oxygens (including phenoxy) is 2. The molecule has 4 aromatic rings. The first kappa shape index (κ1) is 19.8. The molecule has 3 aromatic heterocycles. The number of H-pyrrole nitrogens is 1. The molecule has 0 radical (unpaired) electrons. The SMILES string of the molecule is COc1cc2c(cc1OCc1cccnc1)C(C)(C)c1c(-c3ccc(C#N)nc3)n[nH]c1-2. The van der Waals surface area contributed by atoms with E-state index in [4.69, 9.17) is 14.7 Å². The van der Waals surface area contributed by atoms with Crippen LogP contribution in [0.25, 0.3) is 22.5 Å². The molecule has 32 heavy (non-hydrogen) atoms. The van der Waals surface area contributed by atoms with Crippen LogP contribution in [-0.4, -0.2) is 27.3 Å². The minimum absolute atomic E-state index is 0.320. The summed E-state index contributed by atoms with van der Waals surface area (Å²) in [4.78, 5) is 8.35. The molecule has 1 aromatic carbocycles. The molecule has 1 aliphatic carbocycles. The van der Waals surface area contributed by atoms with Crippen LogP contribution in [0.2, 0.25) is 0 Å². The van der Waals surface area contributed by atoms with Crippen LogP contribution in [0.4, 0.5) is 0 Å². The molecule has 158 valence electrons. The van der Waals surface area contributed by atoms with Gasteiger partial charge >= 0.3 is 0 Å². The average molecular weight is 423 g/mol. The Labute approximate surface area is 185 Å². The number of aromatic nitrogens is 4. The Morgan fingerprint density at radius 2 is 2.00 bits per heavy atom. The van der Waals surface area contributed by atoms with Crippen LogP contribution < -0.4 is 9.47 Å². The van der Waals surface area contributed by atoms with Crippen molar-refractivity contribution in [1.29, 1.82) is 5.26 Å². The molecule has 0 aliphatic heterocycles. The number of pyridine rings is 2. The van der Waals surface area contributed by atoms with Gasteiger partial charge in [0, 0.05) is 46.3 Å². The Kier molecular flexibility index (Phi) is 4.63. The van der Waals surface area contributed by atoms with Gasteiger partial charge in [-0.2, -0.15) is 10.4 Å².